The molecule has 2 heterocycles. The van der Waals surface area contributed by atoms with E-state index in [0.717, 1.165) is 69.5 Å². The smallest absolute Gasteiger partial charge is 0.276 e. The average molecular weight is 410 g/mol. The van der Waals surface area contributed by atoms with Crippen molar-refractivity contribution in [2.24, 2.45) is 0 Å². The molecule has 2 aliphatic rings. The van der Waals surface area contributed by atoms with Crippen LogP contribution in [-0.4, -0.2) is 58.6 Å². The molecule has 1 saturated heterocycles. The predicted octanol–water partition coefficient (Wildman–Crippen LogP) is 3.31. The summed E-state index contributed by atoms with van der Waals surface area (Å²) >= 11 is 0. The second-order valence-corrected chi connectivity index (χ2v) is 8.14. The minimum Gasteiger partial charge on any atom is -0.496 e. The van der Waals surface area contributed by atoms with Crippen molar-refractivity contribution in [3.63, 3.8) is 0 Å². The third-order valence-electron chi connectivity index (χ3n) is 6.15. The number of carbonyl (C=O) groups is 1. The van der Waals surface area contributed by atoms with E-state index in [0.29, 0.717) is 17.8 Å². The van der Waals surface area contributed by atoms with Gasteiger partial charge in [0.25, 0.3) is 5.91 Å². The van der Waals surface area contributed by atoms with E-state index in [-0.39, 0.29) is 5.91 Å². The fourth-order valence-corrected chi connectivity index (χ4v) is 4.40. The summed E-state index contributed by atoms with van der Waals surface area (Å²) in [6, 6.07) is 8.88. The summed E-state index contributed by atoms with van der Waals surface area (Å²) in [4.78, 5) is 14.4. The highest BCUT2D eigenvalue weighted by molar-refractivity contribution is 5.92. The fourth-order valence-electron chi connectivity index (χ4n) is 4.40. The van der Waals surface area contributed by atoms with Crippen LogP contribution in [0.4, 0.5) is 0 Å². The summed E-state index contributed by atoms with van der Waals surface area (Å²) in [5.41, 5.74) is 1.58. The number of nitrogens with one attached hydrogen (secondary N) is 1. The molecule has 30 heavy (non-hydrogen) atoms. The molecule has 160 valence electrons. The Hall–Kier alpha value is -2.67. The van der Waals surface area contributed by atoms with Crippen LogP contribution in [0.25, 0.3) is 6.08 Å². The lowest BCUT2D eigenvalue weighted by Gasteiger charge is -2.28. The summed E-state index contributed by atoms with van der Waals surface area (Å²) in [5, 5.41) is 12.0. The zero-order valence-corrected chi connectivity index (χ0v) is 17.7. The number of benzene rings is 1. The normalized spacial score (nSPS) is 22.0. The summed E-state index contributed by atoms with van der Waals surface area (Å²) < 4.78 is 7.29. The number of hydrogen-bond donors (Lipinski definition) is 1. The zero-order chi connectivity index (χ0) is 20.8. The summed E-state index contributed by atoms with van der Waals surface area (Å²) in [7, 11) is 1.70. The van der Waals surface area contributed by atoms with Gasteiger partial charge in [-0.1, -0.05) is 35.6 Å². The molecule has 7 nitrogen and oxygen atoms in total. The van der Waals surface area contributed by atoms with Gasteiger partial charge in [0, 0.05) is 31.2 Å². The van der Waals surface area contributed by atoms with E-state index < -0.39 is 0 Å². The molecule has 0 unspecified atom stereocenters. The SMILES string of the molecule is COc1ccccc1C=CCNC1CCC(n2cc(C(=O)N3CCCC3)nn2)CC1. The quantitative estimate of drug-likeness (QED) is 0.760. The third kappa shape index (κ3) is 4.90. The van der Waals surface area contributed by atoms with Crippen molar-refractivity contribution in [1.29, 1.82) is 0 Å². The molecule has 1 aromatic heterocycles. The van der Waals surface area contributed by atoms with Gasteiger partial charge in [-0.2, -0.15) is 0 Å². The lowest BCUT2D eigenvalue weighted by Crippen LogP contribution is -2.34. The first-order valence-corrected chi connectivity index (χ1v) is 11.0. The number of hydrogen-bond acceptors (Lipinski definition) is 5. The van der Waals surface area contributed by atoms with E-state index in [2.05, 4.69) is 33.8 Å². The number of carbonyl (C=O) groups excluding carboxylic acids is 1. The van der Waals surface area contributed by atoms with Gasteiger partial charge in [-0.25, -0.2) is 4.68 Å². The monoisotopic (exact) mass is 409 g/mol. The van der Waals surface area contributed by atoms with Crippen molar-refractivity contribution in [3.8, 4) is 5.75 Å². The van der Waals surface area contributed by atoms with Crippen molar-refractivity contribution in [2.75, 3.05) is 26.7 Å². The lowest BCUT2D eigenvalue weighted by atomic mass is 9.91. The second-order valence-electron chi connectivity index (χ2n) is 8.14. The highest BCUT2D eigenvalue weighted by atomic mass is 16.5. The molecule has 1 aliphatic carbocycles. The summed E-state index contributed by atoms with van der Waals surface area (Å²) in [5.74, 6) is 0.917. The van der Waals surface area contributed by atoms with Gasteiger partial charge in [0.1, 0.15) is 5.75 Å². The van der Waals surface area contributed by atoms with Crippen LogP contribution in [0.5, 0.6) is 5.75 Å². The molecular weight excluding hydrogens is 378 g/mol. The number of amides is 1. The molecule has 1 aliphatic heterocycles. The standard InChI is InChI=1S/C23H31N5O2/c1-30-22-9-3-2-7-18(22)8-6-14-24-19-10-12-20(13-11-19)28-17-21(25-26-28)23(29)27-15-4-5-16-27/h2-3,6-9,17,19-20,24H,4-5,10-16H2,1H3. The maximum atomic E-state index is 12.5. The van der Waals surface area contributed by atoms with Crippen molar-refractivity contribution < 1.29 is 9.53 Å². The number of rotatable bonds is 7. The number of para-hydroxylation sites is 1. The minimum atomic E-state index is 0.0240. The number of methoxy groups -OCH3 is 1. The second kappa shape index (κ2) is 9.89. The van der Waals surface area contributed by atoms with Crippen LogP contribution in [0.15, 0.2) is 36.5 Å². The molecule has 0 atom stereocenters. The van der Waals surface area contributed by atoms with Gasteiger partial charge in [-0.05, 0) is 44.6 Å². The Morgan fingerprint density at radius 3 is 2.73 bits per heavy atom. The molecule has 1 aromatic carbocycles. The van der Waals surface area contributed by atoms with Gasteiger partial charge in [0.2, 0.25) is 0 Å². The van der Waals surface area contributed by atoms with Gasteiger partial charge in [-0.3, -0.25) is 4.79 Å². The summed E-state index contributed by atoms with van der Waals surface area (Å²) in [6.45, 7) is 2.52. The first-order valence-electron chi connectivity index (χ1n) is 11.0. The molecule has 2 aromatic rings. The number of aromatic nitrogens is 3. The van der Waals surface area contributed by atoms with Crippen LogP contribution in [-0.2, 0) is 0 Å². The molecule has 1 N–H and O–H groups in total. The average Bonchev–Trinajstić information content (AvgIpc) is 3.50. The first kappa shape index (κ1) is 20.6. The van der Waals surface area contributed by atoms with E-state index >= 15 is 0 Å². The van der Waals surface area contributed by atoms with E-state index in [9.17, 15) is 4.79 Å². The van der Waals surface area contributed by atoms with Gasteiger partial charge >= 0.3 is 0 Å². The largest absolute Gasteiger partial charge is 0.496 e. The van der Waals surface area contributed by atoms with Crippen LogP contribution >= 0.6 is 0 Å². The molecule has 2 fully saturated rings. The van der Waals surface area contributed by atoms with Crippen LogP contribution in [0.2, 0.25) is 0 Å². The summed E-state index contributed by atoms with van der Waals surface area (Å²) in [6.07, 6.45) is 12.6. The van der Waals surface area contributed by atoms with Crippen molar-refractivity contribution in [3.05, 3.63) is 47.8 Å². The van der Waals surface area contributed by atoms with Crippen molar-refractivity contribution in [2.45, 2.75) is 50.6 Å². The zero-order valence-electron chi connectivity index (χ0n) is 17.7. The van der Waals surface area contributed by atoms with Crippen molar-refractivity contribution >= 4 is 12.0 Å². The maximum absolute atomic E-state index is 12.5. The van der Waals surface area contributed by atoms with Gasteiger partial charge in [-0.15, -0.1) is 5.10 Å². The molecule has 0 radical (unpaired) electrons. The van der Waals surface area contributed by atoms with Gasteiger partial charge in [0.15, 0.2) is 5.69 Å². The van der Waals surface area contributed by atoms with Crippen LogP contribution in [0, 0.1) is 0 Å². The minimum absolute atomic E-state index is 0.0240. The fraction of sp³-hybridized carbons (Fsp3) is 0.522. The molecule has 0 spiro atoms. The molecule has 4 rings (SSSR count). The highest BCUT2D eigenvalue weighted by Gasteiger charge is 2.26. The van der Waals surface area contributed by atoms with Crippen molar-refractivity contribution in [1.82, 2.24) is 25.2 Å². The van der Waals surface area contributed by atoms with Crippen LogP contribution in [0.3, 0.4) is 0 Å². The number of ether oxygens (including phenoxy) is 1. The van der Waals surface area contributed by atoms with Gasteiger partial charge < -0.3 is 15.0 Å². The molecule has 1 amide bonds. The molecule has 1 saturated carbocycles. The number of likely N-dealkylation sites (tertiary alicyclic amines) is 1. The van der Waals surface area contributed by atoms with E-state index in [1.54, 1.807) is 7.11 Å². The maximum Gasteiger partial charge on any atom is 0.276 e. The van der Waals surface area contributed by atoms with E-state index in [4.69, 9.17) is 4.74 Å². The Kier molecular flexibility index (Phi) is 6.79. The Labute approximate surface area is 178 Å². The predicted molar refractivity (Wildman–Crippen MR) is 116 cm³/mol. The van der Waals surface area contributed by atoms with E-state index in [1.165, 1.54) is 0 Å². The molecule has 0 bridgehead atoms. The third-order valence-corrected chi connectivity index (χ3v) is 6.15. The topological polar surface area (TPSA) is 72.3 Å². The molecular formula is C23H31N5O2. The Morgan fingerprint density at radius 2 is 1.97 bits per heavy atom. The Balaban J connectivity index is 1.22. The molecule has 7 heteroatoms. The van der Waals surface area contributed by atoms with Crippen LogP contribution in [0.1, 0.15) is 60.6 Å². The Bertz CT molecular complexity index is 864. The lowest BCUT2D eigenvalue weighted by molar-refractivity contribution is 0.0787. The first-order chi connectivity index (χ1) is 14.7. The number of nitrogens with zero attached hydrogens (tertiary/aromatic N) is 4. The van der Waals surface area contributed by atoms with Gasteiger partial charge in [0.05, 0.1) is 19.3 Å². The Morgan fingerprint density at radius 1 is 1.20 bits per heavy atom. The van der Waals surface area contributed by atoms with E-state index in [1.807, 2.05) is 34.0 Å². The highest BCUT2D eigenvalue weighted by Crippen LogP contribution is 2.28. The van der Waals surface area contributed by atoms with Crippen LogP contribution < -0.4 is 10.1 Å².